The normalized spacial score (nSPS) is 22.8. The van der Waals surface area contributed by atoms with E-state index in [1.54, 1.807) is 6.33 Å². The number of hydrogen-bond acceptors (Lipinski definition) is 3. The molecule has 0 saturated carbocycles. The number of nitrogens with one attached hydrogen (secondary N) is 1. The van der Waals surface area contributed by atoms with Gasteiger partial charge in [0.1, 0.15) is 0 Å². The molecule has 0 bridgehead atoms. The van der Waals surface area contributed by atoms with E-state index in [1.165, 1.54) is 23.6 Å². The number of thioether (sulfide) groups is 1. The summed E-state index contributed by atoms with van der Waals surface area (Å²) >= 11 is 2.06. The van der Waals surface area contributed by atoms with E-state index in [4.69, 9.17) is 0 Å². The van der Waals surface area contributed by atoms with Gasteiger partial charge in [0.05, 0.1) is 6.33 Å². The van der Waals surface area contributed by atoms with E-state index in [0.29, 0.717) is 0 Å². The molecule has 2 rings (SSSR count). The first-order chi connectivity index (χ1) is 6.36. The summed E-state index contributed by atoms with van der Waals surface area (Å²) in [6, 6.07) is 0.758. The van der Waals surface area contributed by atoms with Crippen LogP contribution in [0.5, 0.6) is 0 Å². The van der Waals surface area contributed by atoms with Crippen molar-refractivity contribution in [3.05, 3.63) is 18.2 Å². The summed E-state index contributed by atoms with van der Waals surface area (Å²) in [7, 11) is 2.19. The van der Waals surface area contributed by atoms with E-state index in [2.05, 4.69) is 33.7 Å². The van der Waals surface area contributed by atoms with Crippen LogP contribution in [0, 0.1) is 0 Å². The van der Waals surface area contributed by atoms with Gasteiger partial charge in [0.15, 0.2) is 0 Å². The standard InChI is InChI=1S/C9H15N3S/c1-12(9-2-3-13-6-9)5-8-4-10-7-11-8/h4,7,9H,2-3,5-6H2,1H3,(H,10,11). The summed E-state index contributed by atoms with van der Waals surface area (Å²) in [5.41, 5.74) is 1.21. The van der Waals surface area contributed by atoms with Crippen molar-refractivity contribution in [1.29, 1.82) is 0 Å². The Morgan fingerprint density at radius 2 is 2.69 bits per heavy atom. The van der Waals surface area contributed by atoms with Crippen LogP contribution in [0.3, 0.4) is 0 Å². The molecule has 1 aromatic rings. The molecule has 0 aromatic carbocycles. The second kappa shape index (κ2) is 4.15. The second-order valence-electron chi connectivity index (χ2n) is 3.51. The second-order valence-corrected chi connectivity index (χ2v) is 4.66. The molecule has 3 nitrogen and oxygen atoms in total. The molecule has 1 N–H and O–H groups in total. The summed E-state index contributed by atoms with van der Waals surface area (Å²) in [4.78, 5) is 9.56. The van der Waals surface area contributed by atoms with Gasteiger partial charge in [-0.1, -0.05) is 0 Å². The number of nitrogens with zero attached hydrogens (tertiary/aromatic N) is 2. The van der Waals surface area contributed by atoms with Crippen LogP contribution in [0.2, 0.25) is 0 Å². The highest BCUT2D eigenvalue weighted by Crippen LogP contribution is 2.22. The Bertz CT molecular complexity index is 241. The van der Waals surface area contributed by atoms with E-state index in [1.807, 2.05) is 6.20 Å². The molecule has 1 atom stereocenters. The zero-order valence-corrected chi connectivity index (χ0v) is 8.68. The third kappa shape index (κ3) is 2.25. The Morgan fingerprint density at radius 1 is 1.77 bits per heavy atom. The van der Waals surface area contributed by atoms with Gasteiger partial charge in [-0.05, 0) is 19.2 Å². The Labute approximate surface area is 82.9 Å². The molecular weight excluding hydrogens is 182 g/mol. The number of hydrogen-bond donors (Lipinski definition) is 1. The van der Waals surface area contributed by atoms with Crippen molar-refractivity contribution in [2.75, 3.05) is 18.6 Å². The Hall–Kier alpha value is -0.480. The van der Waals surface area contributed by atoms with Crippen molar-refractivity contribution in [1.82, 2.24) is 14.9 Å². The predicted octanol–water partition coefficient (Wildman–Crippen LogP) is 1.35. The van der Waals surface area contributed by atoms with Crippen LogP contribution in [0.15, 0.2) is 12.5 Å². The van der Waals surface area contributed by atoms with E-state index >= 15 is 0 Å². The fourth-order valence-corrected chi connectivity index (χ4v) is 2.94. The van der Waals surface area contributed by atoms with Gasteiger partial charge < -0.3 is 4.98 Å². The molecule has 1 aliphatic heterocycles. The number of rotatable bonds is 3. The van der Waals surface area contributed by atoms with E-state index in [9.17, 15) is 0 Å². The Balaban J connectivity index is 1.87. The van der Waals surface area contributed by atoms with Crippen molar-refractivity contribution in [2.24, 2.45) is 0 Å². The van der Waals surface area contributed by atoms with Crippen LogP contribution in [0.4, 0.5) is 0 Å². The first kappa shape index (κ1) is 9.09. The summed E-state index contributed by atoms with van der Waals surface area (Å²) in [6.45, 7) is 0.991. The minimum absolute atomic E-state index is 0.758. The minimum Gasteiger partial charge on any atom is -0.347 e. The maximum Gasteiger partial charge on any atom is 0.0922 e. The van der Waals surface area contributed by atoms with Gasteiger partial charge in [-0.2, -0.15) is 11.8 Å². The Morgan fingerprint density at radius 3 is 3.31 bits per heavy atom. The van der Waals surface area contributed by atoms with Gasteiger partial charge in [-0.15, -0.1) is 0 Å². The van der Waals surface area contributed by atoms with Gasteiger partial charge in [0.2, 0.25) is 0 Å². The van der Waals surface area contributed by atoms with Crippen LogP contribution in [0.1, 0.15) is 12.1 Å². The summed E-state index contributed by atoms with van der Waals surface area (Å²) in [5.74, 6) is 2.60. The van der Waals surface area contributed by atoms with E-state index < -0.39 is 0 Å². The van der Waals surface area contributed by atoms with Gasteiger partial charge in [-0.25, -0.2) is 4.98 Å². The van der Waals surface area contributed by atoms with Crippen molar-refractivity contribution in [3.63, 3.8) is 0 Å². The molecule has 0 spiro atoms. The van der Waals surface area contributed by atoms with Crippen LogP contribution < -0.4 is 0 Å². The number of imidazole rings is 1. The van der Waals surface area contributed by atoms with Crippen molar-refractivity contribution >= 4 is 11.8 Å². The quantitative estimate of drug-likeness (QED) is 0.793. The molecule has 13 heavy (non-hydrogen) atoms. The molecule has 1 unspecified atom stereocenters. The molecule has 0 amide bonds. The molecule has 1 saturated heterocycles. The zero-order valence-electron chi connectivity index (χ0n) is 7.86. The Kier molecular flexibility index (Phi) is 2.90. The third-order valence-corrected chi connectivity index (χ3v) is 3.65. The highest BCUT2D eigenvalue weighted by atomic mass is 32.2. The van der Waals surface area contributed by atoms with Gasteiger partial charge in [0, 0.05) is 30.2 Å². The highest BCUT2D eigenvalue weighted by molar-refractivity contribution is 7.99. The first-order valence-corrected chi connectivity index (χ1v) is 5.77. The lowest BCUT2D eigenvalue weighted by molar-refractivity contribution is 0.252. The largest absolute Gasteiger partial charge is 0.347 e. The molecule has 2 heterocycles. The average Bonchev–Trinajstić information content (AvgIpc) is 2.74. The van der Waals surface area contributed by atoms with Gasteiger partial charge >= 0.3 is 0 Å². The topological polar surface area (TPSA) is 31.9 Å². The molecule has 4 heteroatoms. The molecule has 1 aliphatic rings. The maximum absolute atomic E-state index is 4.01. The van der Waals surface area contributed by atoms with Crippen LogP contribution in [-0.2, 0) is 6.54 Å². The monoisotopic (exact) mass is 197 g/mol. The number of H-pyrrole nitrogens is 1. The molecule has 1 aromatic heterocycles. The van der Waals surface area contributed by atoms with Crippen LogP contribution in [0.25, 0.3) is 0 Å². The SMILES string of the molecule is CN(Cc1cnc[nH]1)C1CCSC1. The van der Waals surface area contributed by atoms with Crippen LogP contribution in [-0.4, -0.2) is 39.5 Å². The first-order valence-electron chi connectivity index (χ1n) is 4.61. The van der Waals surface area contributed by atoms with Crippen molar-refractivity contribution in [3.8, 4) is 0 Å². The molecule has 0 aliphatic carbocycles. The summed E-state index contributed by atoms with van der Waals surface area (Å²) in [6.07, 6.45) is 4.97. The fraction of sp³-hybridized carbons (Fsp3) is 0.667. The van der Waals surface area contributed by atoms with E-state index in [0.717, 1.165) is 12.6 Å². The fourth-order valence-electron chi connectivity index (χ4n) is 1.64. The van der Waals surface area contributed by atoms with Gasteiger partial charge in [-0.3, -0.25) is 4.90 Å². The predicted molar refractivity (Wildman–Crippen MR) is 55.8 cm³/mol. The summed E-state index contributed by atoms with van der Waals surface area (Å²) < 4.78 is 0. The maximum atomic E-state index is 4.01. The van der Waals surface area contributed by atoms with Crippen molar-refractivity contribution < 1.29 is 0 Å². The highest BCUT2D eigenvalue weighted by Gasteiger charge is 2.19. The lowest BCUT2D eigenvalue weighted by Gasteiger charge is -2.22. The number of aromatic nitrogens is 2. The van der Waals surface area contributed by atoms with E-state index in [-0.39, 0.29) is 0 Å². The van der Waals surface area contributed by atoms with Gasteiger partial charge in [0.25, 0.3) is 0 Å². The van der Waals surface area contributed by atoms with Crippen molar-refractivity contribution in [2.45, 2.75) is 19.0 Å². The minimum atomic E-state index is 0.758. The molecule has 72 valence electrons. The molecule has 0 radical (unpaired) electrons. The lowest BCUT2D eigenvalue weighted by Crippen LogP contribution is -2.30. The smallest absolute Gasteiger partial charge is 0.0922 e. The van der Waals surface area contributed by atoms with Crippen LogP contribution >= 0.6 is 11.8 Å². The zero-order chi connectivity index (χ0) is 9.10. The molecule has 1 fully saturated rings. The molecular formula is C9H15N3S. The average molecular weight is 197 g/mol. The summed E-state index contributed by atoms with van der Waals surface area (Å²) in [5, 5.41) is 0. The lowest BCUT2D eigenvalue weighted by atomic mass is 10.2. The number of aromatic amines is 1. The third-order valence-electron chi connectivity index (χ3n) is 2.50.